The van der Waals surface area contributed by atoms with E-state index in [1.165, 1.54) is 25.1 Å². The van der Waals surface area contributed by atoms with E-state index in [9.17, 15) is 18.0 Å². The number of para-hydroxylation sites is 1. The van der Waals surface area contributed by atoms with Crippen LogP contribution in [0.1, 0.15) is 22.2 Å². The van der Waals surface area contributed by atoms with Crippen LogP contribution in [0.2, 0.25) is 5.02 Å². The summed E-state index contributed by atoms with van der Waals surface area (Å²) < 4.78 is 28.1. The van der Waals surface area contributed by atoms with Gasteiger partial charge in [-0.3, -0.25) is 14.3 Å². The number of halogens is 1. The van der Waals surface area contributed by atoms with Gasteiger partial charge in [-0.15, -0.1) is 11.3 Å². The lowest BCUT2D eigenvalue weighted by Gasteiger charge is -2.12. The lowest BCUT2D eigenvalue weighted by atomic mass is 10.1. The summed E-state index contributed by atoms with van der Waals surface area (Å²) in [6.07, 6.45) is 0. The molecule has 2 aromatic carbocycles. The summed E-state index contributed by atoms with van der Waals surface area (Å²) >= 11 is 6.89. The monoisotopic (exact) mass is 463 g/mol. The van der Waals surface area contributed by atoms with Gasteiger partial charge < -0.3 is 10.6 Å². The van der Waals surface area contributed by atoms with Crippen molar-refractivity contribution in [2.45, 2.75) is 17.7 Å². The minimum atomic E-state index is -3.91. The van der Waals surface area contributed by atoms with Gasteiger partial charge in [-0.2, -0.15) is 0 Å². The summed E-state index contributed by atoms with van der Waals surface area (Å²) in [6, 6.07) is 16.0. The Kier molecular flexibility index (Phi) is 6.76. The number of carbonyl (C=O) groups excluding carboxylic acids is 2. The first-order valence-corrected chi connectivity index (χ1v) is 11.4. The van der Waals surface area contributed by atoms with Gasteiger partial charge in [0.1, 0.15) is 4.21 Å². The molecular formula is C20H18ClN3O4S2. The first-order valence-electron chi connectivity index (χ1n) is 8.76. The molecule has 0 unspecified atom stereocenters. The molecule has 0 saturated heterocycles. The minimum absolute atomic E-state index is 0.0794. The molecule has 0 radical (unpaired) electrons. The van der Waals surface area contributed by atoms with Gasteiger partial charge in [-0.05, 0) is 48.5 Å². The van der Waals surface area contributed by atoms with Gasteiger partial charge >= 0.3 is 0 Å². The van der Waals surface area contributed by atoms with Crippen molar-refractivity contribution in [1.29, 1.82) is 0 Å². The number of hydrogen-bond donors (Lipinski definition) is 3. The number of benzene rings is 2. The number of rotatable bonds is 7. The fourth-order valence-electron chi connectivity index (χ4n) is 2.51. The van der Waals surface area contributed by atoms with Crippen LogP contribution in [0.5, 0.6) is 0 Å². The zero-order valence-corrected chi connectivity index (χ0v) is 18.2. The molecule has 156 valence electrons. The zero-order valence-electron chi connectivity index (χ0n) is 15.8. The summed E-state index contributed by atoms with van der Waals surface area (Å²) in [5.41, 5.74) is 0.856. The maximum Gasteiger partial charge on any atom is 0.271 e. The van der Waals surface area contributed by atoms with Crippen LogP contribution >= 0.6 is 22.9 Å². The highest BCUT2D eigenvalue weighted by Crippen LogP contribution is 2.26. The SMILES string of the molecule is CC(=O)NCc1ccc(S(=O)(=O)Nc2ccccc2C(=O)Nc2ccc(Cl)cc2)s1. The standard InChI is InChI=1S/C20H18ClN3O4S2/c1-13(25)22-12-16-10-11-19(29-16)30(27,28)24-18-5-3-2-4-17(18)20(26)23-15-8-6-14(21)7-9-15/h2-11,24H,12H2,1H3,(H,22,25)(H,23,26). The first kappa shape index (κ1) is 21.8. The molecule has 1 aromatic heterocycles. The predicted molar refractivity (Wildman–Crippen MR) is 118 cm³/mol. The van der Waals surface area contributed by atoms with E-state index in [0.29, 0.717) is 15.6 Å². The van der Waals surface area contributed by atoms with E-state index in [1.807, 2.05) is 0 Å². The van der Waals surface area contributed by atoms with E-state index in [-0.39, 0.29) is 27.9 Å². The smallest absolute Gasteiger partial charge is 0.271 e. The van der Waals surface area contributed by atoms with Crippen LogP contribution in [0.15, 0.2) is 64.9 Å². The maximum atomic E-state index is 12.8. The lowest BCUT2D eigenvalue weighted by Crippen LogP contribution is -2.18. The summed E-state index contributed by atoms with van der Waals surface area (Å²) in [5, 5.41) is 5.87. The topological polar surface area (TPSA) is 104 Å². The van der Waals surface area contributed by atoms with E-state index in [4.69, 9.17) is 11.6 Å². The van der Waals surface area contributed by atoms with Crippen LogP contribution in [-0.4, -0.2) is 20.2 Å². The number of thiophene rings is 1. The second kappa shape index (κ2) is 9.29. The molecule has 0 saturated carbocycles. The Morgan fingerprint density at radius 1 is 1.00 bits per heavy atom. The van der Waals surface area contributed by atoms with Crippen LogP contribution in [0.3, 0.4) is 0 Å². The van der Waals surface area contributed by atoms with Gasteiger partial charge in [0.05, 0.1) is 17.8 Å². The van der Waals surface area contributed by atoms with Crippen molar-refractivity contribution in [1.82, 2.24) is 5.32 Å². The Morgan fingerprint density at radius 2 is 1.70 bits per heavy atom. The normalized spacial score (nSPS) is 11.0. The van der Waals surface area contributed by atoms with Crippen molar-refractivity contribution in [2.75, 3.05) is 10.0 Å². The van der Waals surface area contributed by atoms with Crippen molar-refractivity contribution in [3.63, 3.8) is 0 Å². The molecule has 1 heterocycles. The summed E-state index contributed by atoms with van der Waals surface area (Å²) in [7, 11) is -3.91. The fourth-order valence-corrected chi connectivity index (χ4v) is 5.01. The molecule has 30 heavy (non-hydrogen) atoms. The third-order valence-electron chi connectivity index (χ3n) is 3.93. The molecule has 7 nitrogen and oxygen atoms in total. The highest BCUT2D eigenvalue weighted by Gasteiger charge is 2.20. The Labute approximate surface area is 183 Å². The lowest BCUT2D eigenvalue weighted by molar-refractivity contribution is -0.119. The molecule has 3 rings (SSSR count). The highest BCUT2D eigenvalue weighted by molar-refractivity contribution is 7.94. The van der Waals surface area contributed by atoms with Gasteiger partial charge in [0.2, 0.25) is 5.91 Å². The van der Waals surface area contributed by atoms with Crippen LogP contribution in [0.25, 0.3) is 0 Å². The first-order chi connectivity index (χ1) is 14.2. The summed E-state index contributed by atoms with van der Waals surface area (Å²) in [6.45, 7) is 1.63. The quantitative estimate of drug-likeness (QED) is 0.490. The zero-order chi connectivity index (χ0) is 21.7. The number of hydrogen-bond acceptors (Lipinski definition) is 5. The van der Waals surface area contributed by atoms with E-state index in [1.54, 1.807) is 42.5 Å². The Balaban J connectivity index is 1.79. The number of anilines is 2. The summed E-state index contributed by atoms with van der Waals surface area (Å²) in [4.78, 5) is 24.4. The molecular weight excluding hydrogens is 446 g/mol. The average Bonchev–Trinajstić information content (AvgIpc) is 3.18. The number of amides is 2. The largest absolute Gasteiger partial charge is 0.351 e. The fraction of sp³-hybridized carbons (Fsp3) is 0.100. The third kappa shape index (κ3) is 5.59. The highest BCUT2D eigenvalue weighted by atomic mass is 35.5. The van der Waals surface area contributed by atoms with Crippen molar-refractivity contribution < 1.29 is 18.0 Å². The van der Waals surface area contributed by atoms with Crippen LogP contribution in [-0.2, 0) is 21.4 Å². The predicted octanol–water partition coefficient (Wildman–Crippen LogP) is 4.09. The van der Waals surface area contributed by atoms with Crippen molar-refractivity contribution in [3.8, 4) is 0 Å². The molecule has 0 aliphatic carbocycles. The molecule has 3 N–H and O–H groups in total. The van der Waals surface area contributed by atoms with E-state index >= 15 is 0 Å². The van der Waals surface area contributed by atoms with Gasteiger partial charge in [-0.25, -0.2) is 8.42 Å². The van der Waals surface area contributed by atoms with Crippen molar-refractivity contribution in [2.24, 2.45) is 0 Å². The van der Waals surface area contributed by atoms with Gasteiger partial charge in [0.25, 0.3) is 15.9 Å². The molecule has 10 heteroatoms. The molecule has 0 bridgehead atoms. The molecule has 2 amide bonds. The molecule has 3 aromatic rings. The van der Waals surface area contributed by atoms with E-state index < -0.39 is 15.9 Å². The molecule has 0 aliphatic heterocycles. The number of carbonyl (C=O) groups is 2. The van der Waals surface area contributed by atoms with Crippen molar-refractivity contribution in [3.05, 3.63) is 76.1 Å². The molecule has 0 fully saturated rings. The van der Waals surface area contributed by atoms with E-state index in [2.05, 4.69) is 15.4 Å². The van der Waals surface area contributed by atoms with Crippen LogP contribution < -0.4 is 15.4 Å². The molecule has 0 atom stereocenters. The maximum absolute atomic E-state index is 12.8. The summed E-state index contributed by atoms with van der Waals surface area (Å²) in [5.74, 6) is -0.667. The Hall–Kier alpha value is -2.88. The van der Waals surface area contributed by atoms with Gasteiger partial charge in [0, 0.05) is 22.5 Å². The Bertz CT molecular complexity index is 1170. The third-order valence-corrected chi connectivity index (χ3v) is 7.13. The number of nitrogens with one attached hydrogen (secondary N) is 3. The van der Waals surface area contributed by atoms with E-state index in [0.717, 1.165) is 11.3 Å². The minimum Gasteiger partial charge on any atom is -0.351 e. The number of sulfonamides is 1. The van der Waals surface area contributed by atoms with Crippen LogP contribution in [0.4, 0.5) is 11.4 Å². The average molecular weight is 464 g/mol. The Morgan fingerprint density at radius 3 is 2.40 bits per heavy atom. The molecule has 0 aliphatic rings. The molecule has 0 spiro atoms. The van der Waals surface area contributed by atoms with Crippen molar-refractivity contribution >= 4 is 56.2 Å². The van der Waals surface area contributed by atoms with Crippen LogP contribution in [0, 0.1) is 0 Å². The second-order valence-electron chi connectivity index (χ2n) is 6.24. The van der Waals surface area contributed by atoms with Gasteiger partial charge in [0.15, 0.2) is 0 Å². The van der Waals surface area contributed by atoms with Gasteiger partial charge in [-0.1, -0.05) is 23.7 Å². The second-order valence-corrected chi connectivity index (χ2v) is 9.76.